The molecule has 0 aliphatic carbocycles. The van der Waals surface area contributed by atoms with Crippen LogP contribution < -0.4 is 9.64 Å². The van der Waals surface area contributed by atoms with Crippen LogP contribution in [0.4, 0.5) is 11.4 Å². The van der Waals surface area contributed by atoms with E-state index in [1.165, 1.54) is 30.5 Å². The molecule has 4 aromatic rings. The molecule has 2 amide bonds. The summed E-state index contributed by atoms with van der Waals surface area (Å²) < 4.78 is 6.75. The number of nitrogens with zero attached hydrogens (tertiary/aromatic N) is 5. The van der Waals surface area contributed by atoms with E-state index in [-0.39, 0.29) is 22.5 Å². The number of carbonyl (C=O) groups excluding carboxylic acids is 2. The Hall–Kier alpha value is -4.60. The number of carbonyl (C=O) groups is 2. The maximum atomic E-state index is 13.4. The first-order valence-electron chi connectivity index (χ1n) is 9.54. The van der Waals surface area contributed by atoms with Crippen LogP contribution in [0.3, 0.4) is 0 Å². The van der Waals surface area contributed by atoms with Crippen molar-refractivity contribution in [3.8, 4) is 17.0 Å². The monoisotopic (exact) mass is 429 g/mol. The van der Waals surface area contributed by atoms with Crippen molar-refractivity contribution in [2.24, 2.45) is 7.05 Å². The van der Waals surface area contributed by atoms with Gasteiger partial charge < -0.3 is 4.74 Å². The molecule has 1 aliphatic heterocycles. The summed E-state index contributed by atoms with van der Waals surface area (Å²) >= 11 is 0. The van der Waals surface area contributed by atoms with Crippen LogP contribution in [-0.2, 0) is 7.05 Å². The second kappa shape index (κ2) is 6.98. The second-order valence-electron chi connectivity index (χ2n) is 7.17. The van der Waals surface area contributed by atoms with E-state index in [0.29, 0.717) is 22.5 Å². The van der Waals surface area contributed by atoms with Gasteiger partial charge in [-0.05, 0) is 30.3 Å². The highest BCUT2D eigenvalue weighted by Gasteiger charge is 2.40. The highest BCUT2D eigenvalue weighted by atomic mass is 16.6. The predicted molar refractivity (Wildman–Crippen MR) is 115 cm³/mol. The molecule has 2 aromatic carbocycles. The zero-order valence-electron chi connectivity index (χ0n) is 17.0. The van der Waals surface area contributed by atoms with E-state index in [1.807, 2.05) is 0 Å². The zero-order valence-corrected chi connectivity index (χ0v) is 17.0. The van der Waals surface area contributed by atoms with Gasteiger partial charge in [0.05, 0.1) is 34.2 Å². The van der Waals surface area contributed by atoms with Gasteiger partial charge in [0.1, 0.15) is 11.4 Å². The largest absolute Gasteiger partial charge is 0.497 e. The molecule has 0 saturated carbocycles. The molecule has 1 aliphatic rings. The standard InChI is InChI=1S/C22H15N5O5/c1-25-20-18(19(24-25)12-6-8-15(32-2)9-7-12)17-16(11-23-20)21(28)26(22(17)29)13-4-3-5-14(10-13)27(30)31/h3-11H,1-2H3. The molecule has 0 saturated heterocycles. The maximum Gasteiger partial charge on any atom is 0.271 e. The van der Waals surface area contributed by atoms with Crippen LogP contribution in [0.5, 0.6) is 5.75 Å². The Morgan fingerprint density at radius 2 is 1.81 bits per heavy atom. The molecule has 158 valence electrons. The second-order valence-corrected chi connectivity index (χ2v) is 7.17. The van der Waals surface area contributed by atoms with Crippen molar-refractivity contribution in [3.63, 3.8) is 0 Å². The molecule has 32 heavy (non-hydrogen) atoms. The van der Waals surface area contributed by atoms with Crippen molar-refractivity contribution in [2.75, 3.05) is 12.0 Å². The number of benzene rings is 2. The summed E-state index contributed by atoms with van der Waals surface area (Å²) in [6.07, 6.45) is 1.34. The van der Waals surface area contributed by atoms with Crippen molar-refractivity contribution in [3.05, 3.63) is 76.0 Å². The first-order valence-corrected chi connectivity index (χ1v) is 9.54. The van der Waals surface area contributed by atoms with Gasteiger partial charge in [-0.25, -0.2) is 14.6 Å². The quantitative estimate of drug-likeness (QED) is 0.277. The minimum Gasteiger partial charge on any atom is -0.497 e. The number of hydrogen-bond acceptors (Lipinski definition) is 7. The summed E-state index contributed by atoms with van der Waals surface area (Å²) in [6, 6.07) is 12.6. The topological polar surface area (TPSA) is 120 Å². The minimum atomic E-state index is -0.593. The van der Waals surface area contributed by atoms with Gasteiger partial charge >= 0.3 is 0 Å². The molecular weight excluding hydrogens is 414 g/mol. The number of nitro groups is 1. The van der Waals surface area contributed by atoms with E-state index >= 15 is 0 Å². The average molecular weight is 429 g/mol. The van der Waals surface area contributed by atoms with Gasteiger partial charge in [-0.15, -0.1) is 0 Å². The summed E-state index contributed by atoms with van der Waals surface area (Å²) in [6.45, 7) is 0. The molecule has 0 radical (unpaired) electrons. The Labute approximate surface area is 180 Å². The Kier molecular flexibility index (Phi) is 4.22. The number of hydrogen-bond donors (Lipinski definition) is 0. The van der Waals surface area contributed by atoms with Crippen LogP contribution in [0.25, 0.3) is 22.3 Å². The fourth-order valence-electron chi connectivity index (χ4n) is 3.86. The van der Waals surface area contributed by atoms with Crippen molar-refractivity contribution in [1.82, 2.24) is 14.8 Å². The lowest BCUT2D eigenvalue weighted by molar-refractivity contribution is -0.384. The third-order valence-corrected chi connectivity index (χ3v) is 5.36. The van der Waals surface area contributed by atoms with E-state index in [1.54, 1.807) is 43.1 Å². The number of nitro benzene ring substituents is 1. The summed E-state index contributed by atoms with van der Waals surface area (Å²) in [5.74, 6) is -0.509. The number of methoxy groups -OCH3 is 1. The number of fused-ring (bicyclic) bond motifs is 3. The number of amides is 2. The SMILES string of the molecule is COc1ccc(-c2nn(C)c3ncc4c(c23)C(=O)N(c2cccc([N+](=O)[O-])c2)C4=O)cc1. The van der Waals surface area contributed by atoms with Crippen molar-refractivity contribution >= 4 is 34.2 Å². The third-order valence-electron chi connectivity index (χ3n) is 5.36. The molecular formula is C22H15N5O5. The third kappa shape index (κ3) is 2.73. The van der Waals surface area contributed by atoms with E-state index in [4.69, 9.17) is 4.74 Å². The van der Waals surface area contributed by atoms with Crippen LogP contribution in [-0.4, -0.2) is 38.6 Å². The van der Waals surface area contributed by atoms with Crippen molar-refractivity contribution < 1.29 is 19.2 Å². The maximum absolute atomic E-state index is 13.4. The minimum absolute atomic E-state index is 0.119. The smallest absolute Gasteiger partial charge is 0.271 e. The van der Waals surface area contributed by atoms with Gasteiger partial charge in [-0.2, -0.15) is 5.10 Å². The number of anilines is 1. The highest BCUT2D eigenvalue weighted by molar-refractivity contribution is 6.38. The summed E-state index contributed by atoms with van der Waals surface area (Å²) in [5.41, 5.74) is 1.85. The predicted octanol–water partition coefficient (Wildman–Crippen LogP) is 3.35. The first kappa shape index (κ1) is 19.4. The van der Waals surface area contributed by atoms with Crippen LogP contribution in [0, 0.1) is 10.1 Å². The summed E-state index contributed by atoms with van der Waals surface area (Å²) in [7, 11) is 3.27. The van der Waals surface area contributed by atoms with Crippen LogP contribution >= 0.6 is 0 Å². The lowest BCUT2D eigenvalue weighted by Gasteiger charge is -2.13. The average Bonchev–Trinajstić information content (AvgIpc) is 3.27. The number of rotatable bonds is 4. The lowest BCUT2D eigenvalue weighted by atomic mass is 10.0. The Bertz CT molecular complexity index is 1440. The van der Waals surface area contributed by atoms with Gasteiger partial charge in [0.25, 0.3) is 17.5 Å². The fourth-order valence-corrected chi connectivity index (χ4v) is 3.86. The molecule has 0 fully saturated rings. The highest BCUT2D eigenvalue weighted by Crippen LogP contribution is 2.37. The number of pyridine rings is 1. The van der Waals surface area contributed by atoms with E-state index in [0.717, 1.165) is 10.5 Å². The van der Waals surface area contributed by atoms with E-state index in [9.17, 15) is 19.7 Å². The molecule has 3 heterocycles. The molecule has 0 N–H and O–H groups in total. The summed E-state index contributed by atoms with van der Waals surface area (Å²) in [4.78, 5) is 42.4. The fraction of sp³-hybridized carbons (Fsp3) is 0.0909. The van der Waals surface area contributed by atoms with Gasteiger partial charge in [0.15, 0.2) is 5.65 Å². The number of aryl methyl sites for hydroxylation is 1. The number of imide groups is 1. The zero-order chi connectivity index (χ0) is 22.6. The molecule has 10 heteroatoms. The van der Waals surface area contributed by atoms with Gasteiger partial charge in [-0.3, -0.25) is 19.7 Å². The molecule has 0 spiro atoms. The van der Waals surface area contributed by atoms with Crippen LogP contribution in [0.1, 0.15) is 20.7 Å². The summed E-state index contributed by atoms with van der Waals surface area (Å²) in [5, 5.41) is 16.1. The lowest BCUT2D eigenvalue weighted by Crippen LogP contribution is -2.29. The molecule has 2 aromatic heterocycles. The van der Waals surface area contributed by atoms with E-state index in [2.05, 4.69) is 10.1 Å². The van der Waals surface area contributed by atoms with Crippen LogP contribution in [0.15, 0.2) is 54.7 Å². The van der Waals surface area contributed by atoms with Gasteiger partial charge in [-0.1, -0.05) is 6.07 Å². The van der Waals surface area contributed by atoms with E-state index < -0.39 is 16.7 Å². The molecule has 10 nitrogen and oxygen atoms in total. The van der Waals surface area contributed by atoms with Crippen LogP contribution in [0.2, 0.25) is 0 Å². The number of non-ortho nitro benzene ring substituents is 1. The van der Waals surface area contributed by atoms with Gasteiger partial charge in [0, 0.05) is 30.9 Å². The van der Waals surface area contributed by atoms with Crippen molar-refractivity contribution in [2.45, 2.75) is 0 Å². The normalized spacial score (nSPS) is 13.0. The van der Waals surface area contributed by atoms with Crippen molar-refractivity contribution in [1.29, 1.82) is 0 Å². The Balaban J connectivity index is 1.71. The molecule has 5 rings (SSSR count). The van der Waals surface area contributed by atoms with Gasteiger partial charge in [0.2, 0.25) is 0 Å². The Morgan fingerprint density at radius 1 is 1.06 bits per heavy atom. The molecule has 0 atom stereocenters. The molecule has 0 unspecified atom stereocenters. The first-order chi connectivity index (χ1) is 15.4. The number of ether oxygens (including phenoxy) is 1. The molecule has 0 bridgehead atoms. The Morgan fingerprint density at radius 3 is 2.50 bits per heavy atom. The number of aromatic nitrogens is 3.